The molecule has 0 unspecified atom stereocenters. The summed E-state index contributed by atoms with van der Waals surface area (Å²) in [6.07, 6.45) is -8.99. The minimum absolute atomic E-state index is 0.0716. The van der Waals surface area contributed by atoms with E-state index in [4.69, 9.17) is 4.74 Å². The number of nitrogens with zero attached hydrogens (tertiary/aromatic N) is 1. The Hall–Kier alpha value is -3.74. The second kappa shape index (κ2) is 11.4. The molecule has 13 heteroatoms. The number of benzene rings is 2. The summed E-state index contributed by atoms with van der Waals surface area (Å²) in [5.74, 6) is -2.83. The van der Waals surface area contributed by atoms with Crippen LogP contribution in [0, 0.1) is 11.7 Å². The molecule has 1 aliphatic carbocycles. The van der Waals surface area contributed by atoms with Crippen LogP contribution in [0.3, 0.4) is 0 Å². The van der Waals surface area contributed by atoms with Crippen molar-refractivity contribution in [1.29, 1.82) is 0 Å². The Labute approximate surface area is 223 Å². The number of H-pyrrole nitrogens is 1. The number of alkyl halides is 6. The fraction of sp³-hybridized carbons (Fsp3) is 0.370. The van der Waals surface area contributed by atoms with Gasteiger partial charge < -0.3 is 15.0 Å². The molecule has 4 rings (SSSR count). The molecule has 1 fully saturated rings. The third-order valence-corrected chi connectivity index (χ3v) is 6.58. The predicted octanol–water partition coefficient (Wildman–Crippen LogP) is 5.79. The van der Waals surface area contributed by atoms with Gasteiger partial charge in [-0.25, -0.2) is 9.37 Å². The van der Waals surface area contributed by atoms with Crippen molar-refractivity contribution in [2.45, 2.75) is 57.8 Å². The number of aryl methyl sites for hydroxylation is 1. The summed E-state index contributed by atoms with van der Waals surface area (Å²) >= 11 is 0. The normalized spacial score (nSPS) is 17.4. The molecular formula is C27H24F7N3O3. The van der Waals surface area contributed by atoms with Crippen LogP contribution in [0.25, 0.3) is 11.4 Å². The van der Waals surface area contributed by atoms with E-state index in [2.05, 4.69) is 15.3 Å². The molecule has 1 aromatic heterocycles. The Morgan fingerprint density at radius 1 is 1.07 bits per heavy atom. The van der Waals surface area contributed by atoms with E-state index in [0.717, 1.165) is 24.3 Å². The molecule has 1 amide bonds. The molecule has 0 spiro atoms. The predicted molar refractivity (Wildman–Crippen MR) is 129 cm³/mol. The summed E-state index contributed by atoms with van der Waals surface area (Å²) in [4.78, 5) is 30.6. The van der Waals surface area contributed by atoms with Gasteiger partial charge in [0.25, 0.3) is 5.56 Å². The first kappa shape index (κ1) is 29.2. The molecule has 0 bridgehead atoms. The number of amides is 1. The average molecular weight is 571 g/mol. The number of nitrogens with one attached hydrogen (secondary N) is 2. The van der Waals surface area contributed by atoms with Gasteiger partial charge >= 0.3 is 12.4 Å². The summed E-state index contributed by atoms with van der Waals surface area (Å²) in [5.41, 5.74) is -3.50. The molecule has 1 aliphatic rings. The Bertz CT molecular complexity index is 1440. The van der Waals surface area contributed by atoms with Gasteiger partial charge in [-0.15, -0.1) is 0 Å². The van der Waals surface area contributed by atoms with Crippen molar-refractivity contribution >= 4 is 5.91 Å². The largest absolute Gasteiger partial charge is 0.417 e. The van der Waals surface area contributed by atoms with E-state index in [1.54, 1.807) is 6.92 Å². The first-order valence-corrected chi connectivity index (χ1v) is 12.3. The Balaban J connectivity index is 1.39. The average Bonchev–Trinajstić information content (AvgIpc) is 2.85. The molecule has 2 N–H and O–H groups in total. The molecule has 2 aromatic carbocycles. The molecule has 0 radical (unpaired) electrons. The zero-order chi connectivity index (χ0) is 29.2. The van der Waals surface area contributed by atoms with E-state index in [1.807, 2.05) is 0 Å². The lowest BCUT2D eigenvalue weighted by atomic mass is 9.81. The van der Waals surface area contributed by atoms with Gasteiger partial charge in [-0.2, -0.15) is 26.3 Å². The number of aromatic nitrogens is 2. The molecule has 0 atom stereocenters. The monoisotopic (exact) mass is 571 g/mol. The van der Waals surface area contributed by atoms with Crippen molar-refractivity contribution in [2.24, 2.45) is 5.92 Å². The first-order chi connectivity index (χ1) is 18.8. The minimum atomic E-state index is -4.94. The van der Waals surface area contributed by atoms with Gasteiger partial charge in [0.15, 0.2) is 0 Å². The highest BCUT2D eigenvalue weighted by atomic mass is 19.4. The van der Waals surface area contributed by atoms with Crippen LogP contribution in [0.15, 0.2) is 47.3 Å². The van der Waals surface area contributed by atoms with Crippen molar-refractivity contribution in [3.8, 4) is 11.4 Å². The number of rotatable bonds is 8. The topological polar surface area (TPSA) is 84.1 Å². The van der Waals surface area contributed by atoms with Gasteiger partial charge in [-0.05, 0) is 43.0 Å². The molecule has 40 heavy (non-hydrogen) atoms. The van der Waals surface area contributed by atoms with Crippen LogP contribution in [-0.4, -0.2) is 22.0 Å². The van der Waals surface area contributed by atoms with Crippen LogP contribution in [0.5, 0.6) is 0 Å². The van der Waals surface area contributed by atoms with Crippen LogP contribution in [0.1, 0.15) is 47.7 Å². The van der Waals surface area contributed by atoms with E-state index in [9.17, 15) is 35.9 Å². The van der Waals surface area contributed by atoms with Crippen molar-refractivity contribution in [1.82, 2.24) is 15.3 Å². The van der Waals surface area contributed by atoms with Gasteiger partial charge in [0, 0.05) is 29.8 Å². The molecule has 0 aliphatic heterocycles. The maximum atomic E-state index is 15.4. The number of aromatic amines is 1. The van der Waals surface area contributed by atoms with Crippen LogP contribution in [0.2, 0.25) is 0 Å². The van der Waals surface area contributed by atoms with E-state index in [-0.39, 0.29) is 43.2 Å². The fourth-order valence-corrected chi connectivity index (χ4v) is 4.32. The summed E-state index contributed by atoms with van der Waals surface area (Å²) in [5, 5.41) is 2.50. The van der Waals surface area contributed by atoms with Gasteiger partial charge in [0.1, 0.15) is 11.6 Å². The SMILES string of the molecule is CCc1cc(=O)[nH]c(-c2c(C(F)(F)F)ccc(CNC(=O)C3CC(OCc4cccc(C(F)(F)F)c4)C3)c2F)n1. The van der Waals surface area contributed by atoms with E-state index in [1.165, 1.54) is 12.1 Å². The number of carbonyl (C=O) groups is 1. The van der Waals surface area contributed by atoms with E-state index < -0.39 is 64.6 Å². The number of carbonyl (C=O) groups excluding carboxylic acids is 1. The van der Waals surface area contributed by atoms with Crippen molar-refractivity contribution < 1.29 is 40.3 Å². The van der Waals surface area contributed by atoms with Crippen LogP contribution in [0.4, 0.5) is 30.7 Å². The maximum Gasteiger partial charge on any atom is 0.417 e. The number of ether oxygens (including phenoxy) is 1. The third-order valence-electron chi connectivity index (χ3n) is 6.58. The lowest BCUT2D eigenvalue weighted by Gasteiger charge is -2.34. The maximum absolute atomic E-state index is 15.4. The highest BCUT2D eigenvalue weighted by Gasteiger charge is 2.38. The fourth-order valence-electron chi connectivity index (χ4n) is 4.32. The van der Waals surface area contributed by atoms with Crippen LogP contribution < -0.4 is 10.9 Å². The molecule has 1 saturated carbocycles. The zero-order valence-corrected chi connectivity index (χ0v) is 21.0. The summed E-state index contributed by atoms with van der Waals surface area (Å²) < 4.78 is 101. The first-order valence-electron chi connectivity index (χ1n) is 12.3. The van der Waals surface area contributed by atoms with Gasteiger partial charge in [-0.3, -0.25) is 9.59 Å². The lowest BCUT2D eigenvalue weighted by molar-refractivity contribution is -0.138. The summed E-state index contributed by atoms with van der Waals surface area (Å²) in [7, 11) is 0. The van der Waals surface area contributed by atoms with E-state index in [0.29, 0.717) is 11.6 Å². The van der Waals surface area contributed by atoms with Crippen LogP contribution >= 0.6 is 0 Å². The van der Waals surface area contributed by atoms with Gasteiger partial charge in [-0.1, -0.05) is 25.1 Å². The van der Waals surface area contributed by atoms with Crippen molar-refractivity contribution in [3.05, 3.63) is 86.6 Å². The Morgan fingerprint density at radius 2 is 1.80 bits per heavy atom. The number of hydrogen-bond acceptors (Lipinski definition) is 4. The van der Waals surface area contributed by atoms with Gasteiger partial charge in [0.05, 0.1) is 29.4 Å². The standard InChI is InChI=1S/C27H24F7N3O3/c1-2-18-11-21(38)37-24(36-18)22-20(27(32,33)34)7-6-15(23(22)28)12-35-25(39)16-9-19(10-16)40-13-14-4-3-5-17(8-14)26(29,30)31/h3-8,11,16,19H,2,9-10,12-13H2,1H3,(H,35,39)(H,36,37,38). The van der Waals surface area contributed by atoms with Crippen LogP contribution in [-0.2, 0) is 41.5 Å². The lowest BCUT2D eigenvalue weighted by Crippen LogP contribution is -2.42. The molecular weight excluding hydrogens is 547 g/mol. The third kappa shape index (κ3) is 6.69. The smallest absolute Gasteiger partial charge is 0.373 e. The van der Waals surface area contributed by atoms with Crippen molar-refractivity contribution in [3.63, 3.8) is 0 Å². The Morgan fingerprint density at radius 3 is 2.45 bits per heavy atom. The minimum Gasteiger partial charge on any atom is -0.373 e. The zero-order valence-electron chi connectivity index (χ0n) is 21.0. The second-order valence-electron chi connectivity index (χ2n) is 9.42. The summed E-state index contributed by atoms with van der Waals surface area (Å²) in [6, 6.07) is 7.39. The van der Waals surface area contributed by atoms with Crippen molar-refractivity contribution in [2.75, 3.05) is 0 Å². The van der Waals surface area contributed by atoms with E-state index >= 15 is 4.39 Å². The molecule has 6 nitrogen and oxygen atoms in total. The number of halogens is 7. The quantitative estimate of drug-likeness (QED) is 0.336. The molecule has 1 heterocycles. The molecule has 0 saturated heterocycles. The molecule has 214 valence electrons. The second-order valence-corrected chi connectivity index (χ2v) is 9.42. The Kier molecular flexibility index (Phi) is 8.33. The summed E-state index contributed by atoms with van der Waals surface area (Å²) in [6.45, 7) is 1.15. The molecule has 3 aromatic rings. The highest BCUT2D eigenvalue weighted by Crippen LogP contribution is 2.38. The van der Waals surface area contributed by atoms with Gasteiger partial charge in [0.2, 0.25) is 5.91 Å². The number of hydrogen-bond donors (Lipinski definition) is 2. The highest BCUT2D eigenvalue weighted by molar-refractivity contribution is 5.79.